The number of aryl methyl sites for hydroxylation is 1. The number of pyridine rings is 1. The van der Waals surface area contributed by atoms with Crippen LogP contribution in [-0.2, 0) is 29.3 Å². The Hall–Kier alpha value is -8.09. The lowest BCUT2D eigenvalue weighted by atomic mass is 9.78. The molecule has 0 spiro atoms. The molecule has 1 aliphatic heterocycles. The van der Waals surface area contributed by atoms with E-state index < -0.39 is 6.85 Å². The lowest BCUT2D eigenvalue weighted by Crippen LogP contribution is -2.28. The summed E-state index contributed by atoms with van der Waals surface area (Å²) in [5.41, 5.74) is 17.0. The van der Waals surface area contributed by atoms with E-state index in [1.165, 1.54) is 33.2 Å². The molecule has 0 atom stereocenters. The van der Waals surface area contributed by atoms with Gasteiger partial charge in [0.1, 0.15) is 18.2 Å². The van der Waals surface area contributed by atoms with Crippen LogP contribution in [0.1, 0.15) is 113 Å². The summed E-state index contributed by atoms with van der Waals surface area (Å²) in [5.74, 6) is 1.63. The van der Waals surface area contributed by atoms with Crippen LogP contribution in [-0.4, -0.2) is 27.3 Å². The van der Waals surface area contributed by atoms with E-state index in [2.05, 4.69) is 251 Å². The Kier molecular flexibility index (Phi) is 11.9. The molecule has 1 aliphatic rings. The van der Waals surface area contributed by atoms with E-state index in [0.29, 0.717) is 25.3 Å². The average Bonchev–Trinajstić information content (AvgIpc) is 2.91. The Balaban J connectivity index is 0.843. The van der Waals surface area contributed by atoms with Crippen LogP contribution in [0.25, 0.3) is 66.2 Å². The Morgan fingerprint density at radius 3 is 1.83 bits per heavy atom. The molecule has 12 rings (SSSR count). The molecule has 0 saturated heterocycles. The zero-order valence-electron chi connectivity index (χ0n) is 49.8. The zero-order chi connectivity index (χ0) is 56.6. The summed E-state index contributed by atoms with van der Waals surface area (Å²) in [5, 5.41) is 4.68. The predicted molar refractivity (Wildman–Crippen MR) is 330 cm³/mol. The highest BCUT2D eigenvalue weighted by Crippen LogP contribution is 2.44. The van der Waals surface area contributed by atoms with E-state index in [0.717, 1.165) is 103 Å². The third-order valence-electron chi connectivity index (χ3n) is 16.1. The topological polar surface area (TPSA) is 38.5 Å². The highest BCUT2D eigenvalue weighted by molar-refractivity contribution is 6.16. The summed E-state index contributed by atoms with van der Waals surface area (Å²) in [6.07, 6.45) is 4.36. The van der Waals surface area contributed by atoms with Gasteiger partial charge in [-0.15, -0.1) is 0 Å². The number of hydrogen-bond acceptors (Lipinski definition) is 4. The van der Waals surface area contributed by atoms with Crippen molar-refractivity contribution in [2.75, 3.05) is 23.0 Å². The van der Waals surface area contributed by atoms with Crippen molar-refractivity contribution in [1.29, 1.82) is 0 Å². The molecule has 6 heteroatoms. The maximum atomic E-state index is 8.64. The highest BCUT2D eigenvalue weighted by Gasteiger charge is 2.28. The third-order valence-corrected chi connectivity index (χ3v) is 16.1. The number of anilines is 3. The summed E-state index contributed by atoms with van der Waals surface area (Å²) in [4.78, 5) is 9.91. The second-order valence-electron chi connectivity index (χ2n) is 24.6. The number of ether oxygens (including phenoxy) is 1. The lowest BCUT2D eigenvalue weighted by Gasteiger charge is -2.27. The fraction of sp³-hybridized carbons (Fsp3) is 0.264. The molecule has 0 bridgehead atoms. The van der Waals surface area contributed by atoms with Gasteiger partial charge >= 0.3 is 0 Å². The maximum Gasteiger partial charge on any atom is 0.137 e. The van der Waals surface area contributed by atoms with E-state index in [4.69, 9.17) is 13.8 Å². The standard InChI is InChI=1S/C72H73N5O/c1-48-23-21-30-57(50-40-52(71(5,6)7)42-53(41-50)72(8,9)10)56(48)26-19-20-38-74-47-75(65-35-18-17-34-64(65)74)54-25-22-24-49(39-54)46-78-55-44-66(76-61-31-14-11-27-58(61)59-28-12-15-32-62(59)76)69-60-29-13-16-33-63(60)77(67(69)45-55)68-43-51(36-37-73-68)70(2,3)4/h11-18,21-25,27-37,39-45H,19-20,26,38,46-47H2,1-10H3/i1D3. The molecule has 78 heavy (non-hydrogen) atoms. The molecule has 11 aromatic rings. The molecular weight excluding hydrogens is 951 g/mol. The van der Waals surface area contributed by atoms with E-state index in [-0.39, 0.29) is 16.2 Å². The Morgan fingerprint density at radius 2 is 1.15 bits per heavy atom. The van der Waals surface area contributed by atoms with Crippen LogP contribution in [0.2, 0.25) is 0 Å². The number of hydrogen-bond donors (Lipinski definition) is 0. The van der Waals surface area contributed by atoms with Crippen LogP contribution < -0.4 is 14.5 Å². The molecule has 4 heterocycles. The normalized spacial score (nSPS) is 13.9. The summed E-state index contributed by atoms with van der Waals surface area (Å²) >= 11 is 0. The fourth-order valence-electron chi connectivity index (χ4n) is 11.8. The van der Waals surface area contributed by atoms with Crippen molar-refractivity contribution >= 4 is 60.7 Å². The lowest BCUT2D eigenvalue weighted by molar-refractivity contribution is 0.306. The van der Waals surface area contributed by atoms with Crippen molar-refractivity contribution in [3.05, 3.63) is 222 Å². The molecule has 0 fully saturated rings. The first-order valence-electron chi connectivity index (χ1n) is 29.4. The molecule has 0 saturated carbocycles. The second-order valence-corrected chi connectivity index (χ2v) is 24.6. The average molecular weight is 1030 g/mol. The van der Waals surface area contributed by atoms with Crippen LogP contribution in [0.5, 0.6) is 5.75 Å². The minimum absolute atomic E-state index is 0.0641. The Morgan fingerprint density at radius 1 is 0.526 bits per heavy atom. The first kappa shape index (κ1) is 47.1. The van der Waals surface area contributed by atoms with Crippen molar-refractivity contribution in [3.63, 3.8) is 0 Å². The Bertz CT molecular complexity index is 4100. The number of para-hydroxylation sites is 5. The van der Waals surface area contributed by atoms with Gasteiger partial charge in [-0.1, -0.05) is 178 Å². The monoisotopic (exact) mass is 1030 g/mol. The Labute approximate surface area is 465 Å². The molecule has 0 aliphatic carbocycles. The molecule has 8 aromatic carbocycles. The van der Waals surface area contributed by atoms with Gasteiger partial charge in [-0.05, 0) is 141 Å². The second kappa shape index (κ2) is 19.7. The van der Waals surface area contributed by atoms with Crippen molar-refractivity contribution in [2.45, 2.75) is 111 Å². The van der Waals surface area contributed by atoms with E-state index in [1.54, 1.807) is 0 Å². The third kappa shape index (κ3) is 9.39. The molecule has 0 radical (unpaired) electrons. The van der Waals surface area contributed by atoms with Gasteiger partial charge in [0.25, 0.3) is 0 Å². The molecule has 0 amide bonds. The number of aromatic nitrogens is 3. The number of unbranched alkanes of at least 4 members (excludes halogenated alkanes) is 1. The van der Waals surface area contributed by atoms with Crippen LogP contribution in [0.4, 0.5) is 17.1 Å². The number of rotatable bonds is 12. The van der Waals surface area contributed by atoms with Crippen molar-refractivity contribution in [1.82, 2.24) is 14.1 Å². The summed E-state index contributed by atoms with van der Waals surface area (Å²) in [7, 11) is 0. The number of benzene rings is 8. The minimum atomic E-state index is -2.23. The van der Waals surface area contributed by atoms with Crippen molar-refractivity contribution < 1.29 is 8.85 Å². The SMILES string of the molecule is [2H]C([2H])([2H])c1cccc(-c2cc(C(C)(C)C)cc(C(C)(C)C)c2)c1CCCCN1CN(c2cccc(COc3cc(-n4c5ccccc5c5ccccc54)c4c5ccccc5n(-c5cc(C(C)(C)C)ccn5)c4c3)c2)c2ccccc21. The van der Waals surface area contributed by atoms with Crippen molar-refractivity contribution in [2.24, 2.45) is 0 Å². The summed E-state index contributed by atoms with van der Waals surface area (Å²) in [6, 6.07) is 65.0. The molecule has 3 aromatic heterocycles. The van der Waals surface area contributed by atoms with Gasteiger partial charge in [-0.3, -0.25) is 4.57 Å². The van der Waals surface area contributed by atoms with Gasteiger partial charge in [0, 0.05) is 56.2 Å². The van der Waals surface area contributed by atoms with Crippen LogP contribution in [0.3, 0.4) is 0 Å². The highest BCUT2D eigenvalue weighted by atomic mass is 16.5. The first-order chi connectivity index (χ1) is 38.7. The first-order valence-corrected chi connectivity index (χ1v) is 27.9. The van der Waals surface area contributed by atoms with Gasteiger partial charge in [-0.25, -0.2) is 4.98 Å². The molecule has 0 N–H and O–H groups in total. The summed E-state index contributed by atoms with van der Waals surface area (Å²) < 4.78 is 37.7. The van der Waals surface area contributed by atoms with Crippen LogP contribution in [0, 0.1) is 6.85 Å². The van der Waals surface area contributed by atoms with Crippen LogP contribution in [0.15, 0.2) is 188 Å². The molecular formula is C72H73N5O. The number of nitrogens with zero attached hydrogens (tertiary/aromatic N) is 5. The largest absolute Gasteiger partial charge is 0.489 e. The quantitative estimate of drug-likeness (QED) is 0.114. The maximum absolute atomic E-state index is 8.64. The zero-order valence-corrected chi connectivity index (χ0v) is 46.8. The van der Waals surface area contributed by atoms with Crippen LogP contribution >= 0.6 is 0 Å². The predicted octanol–water partition coefficient (Wildman–Crippen LogP) is 18.7. The smallest absolute Gasteiger partial charge is 0.137 e. The molecule has 0 unspecified atom stereocenters. The molecule has 392 valence electrons. The number of fused-ring (bicyclic) bond motifs is 7. The summed E-state index contributed by atoms with van der Waals surface area (Å²) in [6.45, 7) is 19.9. The fourth-order valence-corrected chi connectivity index (χ4v) is 11.8. The van der Waals surface area contributed by atoms with Gasteiger partial charge in [0.2, 0.25) is 0 Å². The van der Waals surface area contributed by atoms with E-state index in [9.17, 15) is 0 Å². The minimum Gasteiger partial charge on any atom is -0.489 e. The van der Waals surface area contributed by atoms with Gasteiger partial charge in [-0.2, -0.15) is 0 Å². The van der Waals surface area contributed by atoms with Gasteiger partial charge < -0.3 is 19.1 Å². The van der Waals surface area contributed by atoms with Gasteiger partial charge in [0.05, 0.1) is 45.8 Å². The molecule has 6 nitrogen and oxygen atoms in total. The van der Waals surface area contributed by atoms with Crippen molar-refractivity contribution in [3.8, 4) is 28.4 Å². The van der Waals surface area contributed by atoms with Gasteiger partial charge in [0.15, 0.2) is 0 Å². The van der Waals surface area contributed by atoms with E-state index >= 15 is 0 Å². The van der Waals surface area contributed by atoms with E-state index in [1.807, 2.05) is 18.3 Å².